The first-order valence-electron chi connectivity index (χ1n) is 4.29. The minimum atomic E-state index is 0.0372. The Kier molecular flexibility index (Phi) is 6.70. The molecule has 0 rings (SSSR count). The zero-order valence-electron chi connectivity index (χ0n) is 7.84. The molecule has 0 bridgehead atoms. The average Bonchev–Trinajstić information content (AvgIpc) is 2.04. The van der Waals surface area contributed by atoms with Gasteiger partial charge in [0.05, 0.1) is 13.2 Å². The summed E-state index contributed by atoms with van der Waals surface area (Å²) in [5.41, 5.74) is 0. The highest BCUT2D eigenvalue weighted by Crippen LogP contribution is 1.91. The predicted molar refractivity (Wildman–Crippen MR) is 47.9 cm³/mol. The molecule has 0 spiro atoms. The zero-order valence-corrected chi connectivity index (χ0v) is 7.84. The van der Waals surface area contributed by atoms with Crippen LogP contribution in [0.25, 0.3) is 0 Å². The number of carbonyl (C=O) groups is 1. The van der Waals surface area contributed by atoms with Crippen LogP contribution in [0.3, 0.4) is 0 Å². The van der Waals surface area contributed by atoms with Crippen molar-refractivity contribution in [3.05, 3.63) is 0 Å². The molecular weight excluding hydrogens is 156 g/mol. The maximum absolute atomic E-state index is 11.3. The maximum atomic E-state index is 11.3. The van der Waals surface area contributed by atoms with Crippen LogP contribution in [0.15, 0.2) is 0 Å². The molecule has 0 atom stereocenters. The summed E-state index contributed by atoms with van der Waals surface area (Å²) in [6.07, 6.45) is 0.926. The smallest absolute Gasteiger partial charge is 0.236 e. The zero-order chi connectivity index (χ0) is 9.40. The van der Waals surface area contributed by atoms with Gasteiger partial charge in [0.1, 0.15) is 0 Å². The number of hydrogen-bond acceptors (Lipinski definition) is 3. The third kappa shape index (κ3) is 4.31. The number of amides is 1. The Morgan fingerprint density at radius 2 is 2.17 bits per heavy atom. The molecule has 0 aliphatic rings. The van der Waals surface area contributed by atoms with E-state index in [1.807, 2.05) is 6.92 Å². The van der Waals surface area contributed by atoms with Gasteiger partial charge in [-0.1, -0.05) is 6.92 Å². The molecule has 0 aliphatic heterocycles. The summed E-state index contributed by atoms with van der Waals surface area (Å²) in [5.74, 6) is 0.0494. The van der Waals surface area contributed by atoms with E-state index >= 15 is 0 Å². The van der Waals surface area contributed by atoms with Gasteiger partial charge in [-0.2, -0.15) is 0 Å². The minimum Gasteiger partial charge on any atom is -0.395 e. The van der Waals surface area contributed by atoms with Gasteiger partial charge in [-0.3, -0.25) is 4.79 Å². The van der Waals surface area contributed by atoms with Crippen LogP contribution in [0.5, 0.6) is 0 Å². The van der Waals surface area contributed by atoms with Gasteiger partial charge in [-0.05, 0) is 13.5 Å². The van der Waals surface area contributed by atoms with Crippen molar-refractivity contribution in [3.63, 3.8) is 0 Å². The van der Waals surface area contributed by atoms with Gasteiger partial charge >= 0.3 is 0 Å². The Hall–Kier alpha value is -0.610. The topological polar surface area (TPSA) is 52.6 Å². The van der Waals surface area contributed by atoms with Crippen LogP contribution in [0.2, 0.25) is 0 Å². The summed E-state index contributed by atoms with van der Waals surface area (Å²) in [4.78, 5) is 12.9. The number of aliphatic hydroxyl groups is 1. The van der Waals surface area contributed by atoms with Crippen molar-refractivity contribution in [2.75, 3.05) is 33.3 Å². The van der Waals surface area contributed by atoms with Crippen LogP contribution in [0.4, 0.5) is 0 Å². The van der Waals surface area contributed by atoms with Gasteiger partial charge in [0.15, 0.2) is 0 Å². The molecule has 0 fully saturated rings. The second kappa shape index (κ2) is 7.06. The molecule has 0 aromatic heterocycles. The Morgan fingerprint density at radius 1 is 1.50 bits per heavy atom. The van der Waals surface area contributed by atoms with E-state index < -0.39 is 0 Å². The van der Waals surface area contributed by atoms with Crippen molar-refractivity contribution in [2.24, 2.45) is 0 Å². The number of nitrogens with zero attached hydrogens (tertiary/aromatic N) is 1. The maximum Gasteiger partial charge on any atom is 0.236 e. The quantitative estimate of drug-likeness (QED) is 0.567. The molecule has 0 aliphatic carbocycles. The van der Waals surface area contributed by atoms with Gasteiger partial charge in [0.25, 0.3) is 0 Å². The van der Waals surface area contributed by atoms with E-state index in [4.69, 9.17) is 5.11 Å². The Balaban J connectivity index is 3.81. The molecule has 72 valence electrons. The van der Waals surface area contributed by atoms with Crippen LogP contribution >= 0.6 is 0 Å². The fourth-order valence-electron chi connectivity index (χ4n) is 1.01. The fourth-order valence-corrected chi connectivity index (χ4v) is 1.01. The van der Waals surface area contributed by atoms with Crippen LogP contribution in [-0.4, -0.2) is 49.2 Å². The summed E-state index contributed by atoms with van der Waals surface area (Å²) in [7, 11) is 1.74. The molecule has 0 radical (unpaired) electrons. The highest BCUT2D eigenvalue weighted by atomic mass is 16.3. The number of carbonyl (C=O) groups excluding carboxylic acids is 1. The third-order valence-corrected chi connectivity index (χ3v) is 1.54. The first-order valence-corrected chi connectivity index (χ1v) is 4.29. The molecule has 0 aromatic rings. The largest absolute Gasteiger partial charge is 0.395 e. The number of likely N-dealkylation sites (N-methyl/N-ethyl adjacent to an activating group) is 1. The standard InChI is InChI=1S/C8H18N2O2/c1-3-4-10(5-6-11)8(12)7-9-2/h9,11H,3-7H2,1-2H3. The van der Waals surface area contributed by atoms with Crippen LogP contribution < -0.4 is 5.32 Å². The van der Waals surface area contributed by atoms with Crippen molar-refractivity contribution >= 4 is 5.91 Å². The molecule has 0 unspecified atom stereocenters. The molecule has 0 saturated heterocycles. The van der Waals surface area contributed by atoms with E-state index in [1.165, 1.54) is 0 Å². The highest BCUT2D eigenvalue weighted by molar-refractivity contribution is 5.78. The number of aliphatic hydroxyl groups excluding tert-OH is 1. The summed E-state index contributed by atoms with van der Waals surface area (Å²) in [6, 6.07) is 0. The molecule has 0 saturated carbocycles. The Labute approximate surface area is 73.6 Å². The third-order valence-electron chi connectivity index (χ3n) is 1.54. The van der Waals surface area contributed by atoms with Gasteiger partial charge in [-0.25, -0.2) is 0 Å². The summed E-state index contributed by atoms with van der Waals surface area (Å²) >= 11 is 0. The van der Waals surface area contributed by atoms with E-state index in [-0.39, 0.29) is 12.5 Å². The fraction of sp³-hybridized carbons (Fsp3) is 0.875. The van der Waals surface area contributed by atoms with Gasteiger partial charge in [-0.15, -0.1) is 0 Å². The van der Waals surface area contributed by atoms with Crippen molar-refractivity contribution in [2.45, 2.75) is 13.3 Å². The van der Waals surface area contributed by atoms with Crippen molar-refractivity contribution in [1.29, 1.82) is 0 Å². The lowest BCUT2D eigenvalue weighted by molar-refractivity contribution is -0.130. The molecule has 2 N–H and O–H groups in total. The van der Waals surface area contributed by atoms with E-state index in [1.54, 1.807) is 11.9 Å². The van der Waals surface area contributed by atoms with Crippen LogP contribution in [0.1, 0.15) is 13.3 Å². The predicted octanol–water partition coefficient (Wildman–Crippen LogP) is -0.563. The SMILES string of the molecule is CCCN(CCO)C(=O)CNC. The monoisotopic (exact) mass is 174 g/mol. The lowest BCUT2D eigenvalue weighted by Crippen LogP contribution is -2.39. The minimum absolute atomic E-state index is 0.0372. The molecule has 0 aromatic carbocycles. The molecular formula is C8H18N2O2. The van der Waals surface area contributed by atoms with Crippen molar-refractivity contribution in [1.82, 2.24) is 10.2 Å². The van der Waals surface area contributed by atoms with Crippen molar-refractivity contribution in [3.8, 4) is 0 Å². The second-order valence-corrected chi connectivity index (χ2v) is 2.63. The lowest BCUT2D eigenvalue weighted by Gasteiger charge is -2.20. The second-order valence-electron chi connectivity index (χ2n) is 2.63. The first kappa shape index (κ1) is 11.4. The molecule has 1 amide bonds. The van der Waals surface area contributed by atoms with E-state index in [0.717, 1.165) is 13.0 Å². The van der Waals surface area contributed by atoms with Crippen molar-refractivity contribution < 1.29 is 9.90 Å². The van der Waals surface area contributed by atoms with Gasteiger partial charge in [0.2, 0.25) is 5.91 Å². The van der Waals surface area contributed by atoms with Crippen LogP contribution in [-0.2, 0) is 4.79 Å². The first-order chi connectivity index (χ1) is 5.76. The Bertz CT molecular complexity index is 122. The number of hydrogen-bond donors (Lipinski definition) is 2. The molecule has 4 nitrogen and oxygen atoms in total. The van der Waals surface area contributed by atoms with Crippen LogP contribution in [0, 0.1) is 0 Å². The normalized spacial score (nSPS) is 9.92. The average molecular weight is 174 g/mol. The summed E-state index contributed by atoms with van der Waals surface area (Å²) < 4.78 is 0. The van der Waals surface area contributed by atoms with Gasteiger partial charge in [0, 0.05) is 13.1 Å². The van der Waals surface area contributed by atoms with Gasteiger partial charge < -0.3 is 15.3 Å². The summed E-state index contributed by atoms with van der Waals surface area (Å²) in [6.45, 7) is 3.56. The molecule has 12 heavy (non-hydrogen) atoms. The van der Waals surface area contributed by atoms with E-state index in [0.29, 0.717) is 13.1 Å². The highest BCUT2D eigenvalue weighted by Gasteiger charge is 2.09. The van der Waals surface area contributed by atoms with E-state index in [9.17, 15) is 4.79 Å². The Morgan fingerprint density at radius 3 is 2.58 bits per heavy atom. The number of nitrogens with one attached hydrogen (secondary N) is 1. The number of rotatable bonds is 6. The molecule has 4 heteroatoms. The lowest BCUT2D eigenvalue weighted by atomic mass is 10.4. The summed E-state index contributed by atoms with van der Waals surface area (Å²) in [5, 5.41) is 11.5. The van der Waals surface area contributed by atoms with E-state index in [2.05, 4.69) is 5.32 Å². The molecule has 0 heterocycles.